The van der Waals surface area contributed by atoms with E-state index in [1.165, 1.54) is 17.0 Å². The molecule has 0 saturated heterocycles. The van der Waals surface area contributed by atoms with Gasteiger partial charge < -0.3 is 15.3 Å². The van der Waals surface area contributed by atoms with Crippen LogP contribution in [0, 0.1) is 11.3 Å². The number of aromatic carboxylic acids is 1. The normalized spacial score (nSPS) is 12.8. The van der Waals surface area contributed by atoms with Crippen LogP contribution >= 0.6 is 0 Å². The molecule has 1 aliphatic heterocycles. The smallest absolute Gasteiger partial charge is 0.335 e. The molecule has 1 heterocycles. The minimum absolute atomic E-state index is 0.0564. The molecule has 1 aliphatic rings. The molecule has 7 nitrogen and oxygen atoms in total. The van der Waals surface area contributed by atoms with Crippen LogP contribution in [0.5, 0.6) is 0 Å². The molecule has 1 aromatic carbocycles. The van der Waals surface area contributed by atoms with E-state index < -0.39 is 11.9 Å². The number of nitriles is 1. The van der Waals surface area contributed by atoms with Gasteiger partial charge in [-0.1, -0.05) is 6.07 Å². The number of carbonyl (C=O) groups is 3. The Morgan fingerprint density at radius 3 is 2.85 bits per heavy atom. The van der Waals surface area contributed by atoms with E-state index in [1.54, 1.807) is 12.1 Å². The molecule has 20 heavy (non-hydrogen) atoms. The lowest BCUT2D eigenvalue weighted by molar-refractivity contribution is -0.123. The van der Waals surface area contributed by atoms with Gasteiger partial charge in [0.1, 0.15) is 13.1 Å². The van der Waals surface area contributed by atoms with E-state index in [-0.39, 0.29) is 31.0 Å². The third-order valence-corrected chi connectivity index (χ3v) is 2.93. The quantitative estimate of drug-likeness (QED) is 0.745. The lowest BCUT2D eigenvalue weighted by Gasteiger charge is -2.16. The summed E-state index contributed by atoms with van der Waals surface area (Å²) in [5.41, 5.74) is 1.18. The van der Waals surface area contributed by atoms with Crippen LogP contribution in [-0.4, -0.2) is 36.0 Å². The SMILES string of the molecule is N#CCNC(=O)CN1C(=O)Cc2ccc(C(=O)O)cc21. The first-order valence-corrected chi connectivity index (χ1v) is 5.83. The fraction of sp³-hybridized carbons (Fsp3) is 0.231. The van der Waals surface area contributed by atoms with Crippen molar-refractivity contribution in [2.24, 2.45) is 0 Å². The third-order valence-electron chi connectivity index (χ3n) is 2.93. The zero-order chi connectivity index (χ0) is 14.7. The van der Waals surface area contributed by atoms with Crippen LogP contribution in [0.15, 0.2) is 18.2 Å². The van der Waals surface area contributed by atoms with E-state index in [4.69, 9.17) is 10.4 Å². The van der Waals surface area contributed by atoms with Crippen molar-refractivity contribution < 1.29 is 19.5 Å². The Bertz CT molecular complexity index is 633. The van der Waals surface area contributed by atoms with Gasteiger partial charge in [0.25, 0.3) is 0 Å². The zero-order valence-corrected chi connectivity index (χ0v) is 10.4. The van der Waals surface area contributed by atoms with Crippen molar-refractivity contribution in [2.75, 3.05) is 18.0 Å². The number of carboxylic acid groups (broad SMARTS) is 1. The fourth-order valence-corrected chi connectivity index (χ4v) is 2.00. The number of amides is 2. The lowest BCUT2D eigenvalue weighted by Crippen LogP contribution is -2.39. The molecule has 0 fully saturated rings. The molecule has 7 heteroatoms. The largest absolute Gasteiger partial charge is 0.478 e. The van der Waals surface area contributed by atoms with Gasteiger partial charge in [-0.25, -0.2) is 4.79 Å². The highest BCUT2D eigenvalue weighted by Crippen LogP contribution is 2.29. The number of hydrogen-bond acceptors (Lipinski definition) is 4. The minimum atomic E-state index is -1.10. The summed E-state index contributed by atoms with van der Waals surface area (Å²) in [5.74, 6) is -1.83. The van der Waals surface area contributed by atoms with Gasteiger partial charge in [-0.2, -0.15) is 5.26 Å². The summed E-state index contributed by atoms with van der Waals surface area (Å²) in [6, 6.07) is 6.14. The molecule has 1 aromatic rings. The molecule has 0 radical (unpaired) electrons. The molecule has 0 aliphatic carbocycles. The number of hydrogen-bond donors (Lipinski definition) is 2. The Morgan fingerprint density at radius 1 is 1.45 bits per heavy atom. The van der Waals surface area contributed by atoms with Crippen LogP contribution in [0.2, 0.25) is 0 Å². The molecule has 0 atom stereocenters. The lowest BCUT2D eigenvalue weighted by atomic mass is 10.1. The van der Waals surface area contributed by atoms with Crippen LogP contribution in [0.25, 0.3) is 0 Å². The highest BCUT2D eigenvalue weighted by atomic mass is 16.4. The Hall–Kier alpha value is -2.88. The standard InChI is InChI=1S/C13H11N3O4/c14-3-4-15-11(17)7-16-10-5-9(13(19)20)2-1-8(10)6-12(16)18/h1-2,5H,4,6-7H2,(H,15,17)(H,19,20). The summed E-state index contributed by atoms with van der Waals surface area (Å²) in [4.78, 5) is 35.6. The zero-order valence-electron chi connectivity index (χ0n) is 10.4. The van der Waals surface area contributed by atoms with Crippen molar-refractivity contribution in [3.63, 3.8) is 0 Å². The monoisotopic (exact) mass is 273 g/mol. The topological polar surface area (TPSA) is 111 Å². The van der Waals surface area contributed by atoms with Crippen LogP contribution in [0.1, 0.15) is 15.9 Å². The molecule has 102 valence electrons. The van der Waals surface area contributed by atoms with Gasteiger partial charge in [-0.3, -0.25) is 9.59 Å². The average molecular weight is 273 g/mol. The average Bonchev–Trinajstić information content (AvgIpc) is 2.72. The number of carbonyl (C=O) groups excluding carboxylic acids is 2. The van der Waals surface area contributed by atoms with E-state index in [1.807, 2.05) is 0 Å². The molecule has 0 spiro atoms. The second-order valence-electron chi connectivity index (χ2n) is 4.24. The van der Waals surface area contributed by atoms with Gasteiger partial charge in [-0.15, -0.1) is 0 Å². The minimum Gasteiger partial charge on any atom is -0.478 e. The summed E-state index contributed by atoms with van der Waals surface area (Å²) in [7, 11) is 0. The van der Waals surface area contributed by atoms with E-state index >= 15 is 0 Å². The number of rotatable bonds is 4. The van der Waals surface area contributed by atoms with Gasteiger partial charge in [0.15, 0.2) is 0 Å². The molecule has 0 unspecified atom stereocenters. The van der Waals surface area contributed by atoms with Crippen molar-refractivity contribution in [1.29, 1.82) is 5.26 Å². The second kappa shape index (κ2) is 5.40. The van der Waals surface area contributed by atoms with Crippen molar-refractivity contribution in [2.45, 2.75) is 6.42 Å². The van der Waals surface area contributed by atoms with Crippen LogP contribution in [0.4, 0.5) is 5.69 Å². The maximum absolute atomic E-state index is 11.9. The second-order valence-corrected chi connectivity index (χ2v) is 4.24. The Morgan fingerprint density at radius 2 is 2.20 bits per heavy atom. The maximum atomic E-state index is 11.9. The predicted octanol–water partition coefficient (Wildman–Crippen LogP) is -0.0863. The van der Waals surface area contributed by atoms with Crippen molar-refractivity contribution in [3.8, 4) is 6.07 Å². The molecule has 2 amide bonds. The van der Waals surface area contributed by atoms with Crippen LogP contribution in [-0.2, 0) is 16.0 Å². The number of fused-ring (bicyclic) bond motifs is 1. The summed E-state index contributed by atoms with van der Waals surface area (Å²) >= 11 is 0. The van der Waals surface area contributed by atoms with E-state index in [9.17, 15) is 14.4 Å². The van der Waals surface area contributed by atoms with E-state index in [0.717, 1.165) is 0 Å². The Kier molecular flexibility index (Phi) is 3.66. The van der Waals surface area contributed by atoms with Crippen molar-refractivity contribution >= 4 is 23.5 Å². The summed E-state index contributed by atoms with van der Waals surface area (Å²) < 4.78 is 0. The van der Waals surface area contributed by atoms with E-state index in [0.29, 0.717) is 11.3 Å². The predicted molar refractivity (Wildman–Crippen MR) is 68.1 cm³/mol. The van der Waals surface area contributed by atoms with Gasteiger partial charge in [-0.05, 0) is 17.7 Å². The first kappa shape index (κ1) is 13.5. The number of benzene rings is 1. The third kappa shape index (κ3) is 2.59. The van der Waals surface area contributed by atoms with Gasteiger partial charge in [0.05, 0.1) is 18.1 Å². The number of nitrogens with zero attached hydrogens (tertiary/aromatic N) is 2. The first-order valence-electron chi connectivity index (χ1n) is 5.83. The van der Waals surface area contributed by atoms with E-state index in [2.05, 4.69) is 5.32 Å². The highest BCUT2D eigenvalue weighted by Gasteiger charge is 2.29. The fourth-order valence-electron chi connectivity index (χ4n) is 2.00. The summed E-state index contributed by atoms with van der Waals surface area (Å²) in [6.45, 7) is -0.362. The molecule has 0 aromatic heterocycles. The summed E-state index contributed by atoms with van der Waals surface area (Å²) in [6.07, 6.45) is 0.140. The highest BCUT2D eigenvalue weighted by molar-refractivity contribution is 6.06. The van der Waals surface area contributed by atoms with Crippen LogP contribution < -0.4 is 10.2 Å². The van der Waals surface area contributed by atoms with Crippen molar-refractivity contribution in [1.82, 2.24) is 5.32 Å². The maximum Gasteiger partial charge on any atom is 0.335 e. The molecule has 0 bridgehead atoms. The molecule has 0 saturated carbocycles. The van der Waals surface area contributed by atoms with Crippen LogP contribution in [0.3, 0.4) is 0 Å². The Labute approximate surface area is 114 Å². The van der Waals surface area contributed by atoms with Gasteiger partial charge in [0, 0.05) is 5.69 Å². The van der Waals surface area contributed by atoms with Gasteiger partial charge >= 0.3 is 5.97 Å². The van der Waals surface area contributed by atoms with Gasteiger partial charge in [0.2, 0.25) is 11.8 Å². The molecule has 2 rings (SSSR count). The Balaban J connectivity index is 2.22. The first-order chi connectivity index (χ1) is 9.52. The number of nitrogens with one attached hydrogen (secondary N) is 1. The summed E-state index contributed by atoms with van der Waals surface area (Å²) in [5, 5.41) is 19.7. The number of carboxylic acids is 1. The molecular weight excluding hydrogens is 262 g/mol. The van der Waals surface area contributed by atoms with Crippen molar-refractivity contribution in [3.05, 3.63) is 29.3 Å². The number of anilines is 1. The molecular formula is C13H11N3O4. The molecule has 2 N–H and O–H groups in total.